The molecule has 0 aliphatic carbocycles. The number of aliphatic hydroxyl groups excluding tert-OH is 1. The van der Waals surface area contributed by atoms with Gasteiger partial charge in [0, 0.05) is 13.2 Å². The Balaban J connectivity index is 2.11. The van der Waals surface area contributed by atoms with E-state index in [1.165, 1.54) is 20.4 Å². The van der Waals surface area contributed by atoms with Gasteiger partial charge in [0.15, 0.2) is 17.8 Å². The summed E-state index contributed by atoms with van der Waals surface area (Å²) in [6.07, 6.45) is 0.436. The van der Waals surface area contributed by atoms with Crippen molar-refractivity contribution in [2.75, 3.05) is 14.2 Å². The largest absolute Gasteiger partial charge is 0.493 e. The van der Waals surface area contributed by atoms with E-state index in [4.69, 9.17) is 14.2 Å². The van der Waals surface area contributed by atoms with E-state index < -0.39 is 6.29 Å². The molecule has 1 atom stereocenters. The van der Waals surface area contributed by atoms with Crippen LogP contribution in [0.2, 0.25) is 0 Å². The van der Waals surface area contributed by atoms with Gasteiger partial charge in [-0.2, -0.15) is 0 Å². The van der Waals surface area contributed by atoms with Crippen LogP contribution in [0.15, 0.2) is 42.6 Å². The van der Waals surface area contributed by atoms with Gasteiger partial charge < -0.3 is 19.3 Å². The number of ether oxygens (including phenoxy) is 3. The van der Waals surface area contributed by atoms with Crippen molar-refractivity contribution in [1.29, 1.82) is 0 Å². The maximum absolute atomic E-state index is 9.57. The first-order valence-corrected chi connectivity index (χ1v) is 6.16. The minimum absolute atomic E-state index is 0.372. The molecular weight excluding hydrogens is 258 g/mol. The van der Waals surface area contributed by atoms with Crippen molar-refractivity contribution in [1.82, 2.24) is 4.98 Å². The van der Waals surface area contributed by atoms with Crippen molar-refractivity contribution >= 4 is 0 Å². The van der Waals surface area contributed by atoms with E-state index >= 15 is 0 Å². The normalized spacial score (nSPS) is 11.9. The van der Waals surface area contributed by atoms with E-state index in [1.807, 2.05) is 30.3 Å². The molecule has 5 heteroatoms. The van der Waals surface area contributed by atoms with Gasteiger partial charge in [-0.05, 0) is 5.56 Å². The lowest BCUT2D eigenvalue weighted by Crippen LogP contribution is -2.04. The summed E-state index contributed by atoms with van der Waals surface area (Å²) in [7, 11) is 2.94. The third-order valence-electron chi connectivity index (χ3n) is 2.79. The van der Waals surface area contributed by atoms with Gasteiger partial charge in [0.1, 0.15) is 6.61 Å². The first-order chi connectivity index (χ1) is 9.74. The number of methoxy groups -OCH3 is 2. The zero-order valence-corrected chi connectivity index (χ0v) is 11.4. The second-order valence-corrected chi connectivity index (χ2v) is 4.12. The van der Waals surface area contributed by atoms with E-state index in [0.29, 0.717) is 23.8 Å². The first kappa shape index (κ1) is 14.3. The molecule has 1 unspecified atom stereocenters. The van der Waals surface area contributed by atoms with Crippen LogP contribution in [0.5, 0.6) is 11.5 Å². The van der Waals surface area contributed by atoms with Gasteiger partial charge in [-0.3, -0.25) is 4.98 Å². The molecule has 0 fully saturated rings. The molecule has 2 rings (SSSR count). The number of aliphatic hydroxyl groups is 1. The number of hydrogen-bond donors (Lipinski definition) is 1. The lowest BCUT2D eigenvalue weighted by atomic mass is 10.2. The zero-order chi connectivity index (χ0) is 14.4. The Morgan fingerprint density at radius 2 is 1.90 bits per heavy atom. The van der Waals surface area contributed by atoms with Crippen molar-refractivity contribution in [2.24, 2.45) is 0 Å². The van der Waals surface area contributed by atoms with Crippen molar-refractivity contribution < 1.29 is 19.3 Å². The number of aromatic nitrogens is 1. The second kappa shape index (κ2) is 6.88. The molecule has 1 heterocycles. The van der Waals surface area contributed by atoms with E-state index in [1.54, 1.807) is 6.07 Å². The first-order valence-electron chi connectivity index (χ1n) is 6.16. The van der Waals surface area contributed by atoms with Gasteiger partial charge >= 0.3 is 0 Å². The molecule has 0 amide bonds. The summed E-state index contributed by atoms with van der Waals surface area (Å²) in [5.41, 5.74) is 1.42. The van der Waals surface area contributed by atoms with Gasteiger partial charge in [0.25, 0.3) is 0 Å². The average molecular weight is 275 g/mol. The Bertz CT molecular complexity index is 545. The number of rotatable bonds is 6. The summed E-state index contributed by atoms with van der Waals surface area (Å²) < 4.78 is 15.7. The van der Waals surface area contributed by atoms with Crippen LogP contribution >= 0.6 is 0 Å². The quantitative estimate of drug-likeness (QED) is 0.820. The van der Waals surface area contributed by atoms with Gasteiger partial charge in [-0.1, -0.05) is 30.3 Å². The predicted molar refractivity (Wildman–Crippen MR) is 73.5 cm³/mol. The molecule has 0 aliphatic heterocycles. The minimum Gasteiger partial charge on any atom is -0.493 e. The lowest BCUT2D eigenvalue weighted by Gasteiger charge is -2.13. The van der Waals surface area contributed by atoms with Crippen molar-refractivity contribution in [3.05, 3.63) is 53.9 Å². The monoisotopic (exact) mass is 275 g/mol. The summed E-state index contributed by atoms with van der Waals surface area (Å²) in [6, 6.07) is 11.4. The molecule has 0 bridgehead atoms. The smallest absolute Gasteiger partial charge is 0.198 e. The topological polar surface area (TPSA) is 60.8 Å². The maximum atomic E-state index is 9.57. The zero-order valence-electron chi connectivity index (χ0n) is 11.4. The fourth-order valence-electron chi connectivity index (χ4n) is 1.70. The molecule has 0 saturated heterocycles. The number of benzene rings is 1. The predicted octanol–water partition coefficient (Wildman–Crippen LogP) is 2.31. The maximum Gasteiger partial charge on any atom is 0.198 e. The molecule has 0 spiro atoms. The van der Waals surface area contributed by atoms with Crippen LogP contribution in [0.4, 0.5) is 0 Å². The third-order valence-corrected chi connectivity index (χ3v) is 2.79. The Labute approximate surface area is 117 Å². The molecule has 0 saturated carbocycles. The Morgan fingerprint density at radius 1 is 1.15 bits per heavy atom. The third kappa shape index (κ3) is 3.46. The highest BCUT2D eigenvalue weighted by Gasteiger charge is 2.12. The minimum atomic E-state index is -1.08. The second-order valence-electron chi connectivity index (χ2n) is 4.12. The molecule has 0 aliphatic rings. The van der Waals surface area contributed by atoms with Crippen LogP contribution in [-0.4, -0.2) is 24.3 Å². The number of hydrogen-bond acceptors (Lipinski definition) is 5. The molecule has 1 aromatic carbocycles. The van der Waals surface area contributed by atoms with E-state index in [9.17, 15) is 5.11 Å². The highest BCUT2D eigenvalue weighted by molar-refractivity contribution is 5.39. The van der Waals surface area contributed by atoms with Crippen LogP contribution < -0.4 is 9.47 Å². The summed E-state index contributed by atoms with van der Waals surface area (Å²) in [5, 5.41) is 9.57. The highest BCUT2D eigenvalue weighted by atomic mass is 16.6. The number of nitrogens with zero attached hydrogens (tertiary/aromatic N) is 1. The molecule has 106 valence electrons. The number of pyridine rings is 1. The van der Waals surface area contributed by atoms with E-state index in [-0.39, 0.29) is 0 Å². The van der Waals surface area contributed by atoms with Crippen molar-refractivity contribution in [3.63, 3.8) is 0 Å². The van der Waals surface area contributed by atoms with Crippen LogP contribution in [0, 0.1) is 0 Å². The standard InChI is InChI=1S/C15H17NO4/c1-18-13-8-12(15(17)19-2)16-9-14(13)20-10-11-6-4-3-5-7-11/h3-9,15,17H,10H2,1-2H3. The van der Waals surface area contributed by atoms with Gasteiger partial charge in [-0.25, -0.2) is 0 Å². The van der Waals surface area contributed by atoms with Crippen LogP contribution in [0.3, 0.4) is 0 Å². The molecular formula is C15H17NO4. The van der Waals surface area contributed by atoms with Gasteiger partial charge in [-0.15, -0.1) is 0 Å². The molecule has 0 radical (unpaired) electrons. The molecule has 1 aromatic heterocycles. The fraction of sp³-hybridized carbons (Fsp3) is 0.267. The van der Waals surface area contributed by atoms with Crippen LogP contribution in [-0.2, 0) is 11.3 Å². The van der Waals surface area contributed by atoms with Crippen molar-refractivity contribution in [3.8, 4) is 11.5 Å². The highest BCUT2D eigenvalue weighted by Crippen LogP contribution is 2.29. The average Bonchev–Trinajstić information content (AvgIpc) is 2.53. The summed E-state index contributed by atoms with van der Waals surface area (Å²) >= 11 is 0. The van der Waals surface area contributed by atoms with E-state index in [2.05, 4.69) is 4.98 Å². The van der Waals surface area contributed by atoms with Crippen LogP contribution in [0.1, 0.15) is 17.5 Å². The summed E-state index contributed by atoms with van der Waals surface area (Å²) in [5.74, 6) is 1.02. The Hall–Kier alpha value is -2.11. The molecule has 20 heavy (non-hydrogen) atoms. The van der Waals surface area contributed by atoms with Gasteiger partial charge in [0.2, 0.25) is 0 Å². The Morgan fingerprint density at radius 3 is 2.55 bits per heavy atom. The lowest BCUT2D eigenvalue weighted by molar-refractivity contribution is -0.0800. The summed E-state index contributed by atoms with van der Waals surface area (Å²) in [6.45, 7) is 0.422. The fourth-order valence-corrected chi connectivity index (χ4v) is 1.70. The Kier molecular flexibility index (Phi) is 4.92. The van der Waals surface area contributed by atoms with Gasteiger partial charge in [0.05, 0.1) is 19.0 Å². The molecule has 1 N–H and O–H groups in total. The summed E-state index contributed by atoms with van der Waals surface area (Å²) in [4.78, 5) is 4.09. The molecule has 5 nitrogen and oxygen atoms in total. The SMILES string of the molecule is COc1cc(C(O)OC)ncc1OCc1ccccc1. The van der Waals surface area contributed by atoms with Crippen LogP contribution in [0.25, 0.3) is 0 Å². The van der Waals surface area contributed by atoms with E-state index in [0.717, 1.165) is 5.56 Å². The molecule has 2 aromatic rings. The van der Waals surface area contributed by atoms with Crippen molar-refractivity contribution in [2.45, 2.75) is 12.9 Å².